The third-order valence-corrected chi connectivity index (χ3v) is 3.64. The molecule has 3 rings (SSSR count). The highest BCUT2D eigenvalue weighted by Crippen LogP contribution is 2.09. The normalized spacial score (nSPS) is 20.1. The van der Waals surface area contributed by atoms with Crippen molar-refractivity contribution in [3.05, 3.63) is 48.5 Å². The van der Waals surface area contributed by atoms with Crippen LogP contribution < -0.4 is 0 Å². The van der Waals surface area contributed by atoms with E-state index < -0.39 is 0 Å². The van der Waals surface area contributed by atoms with Gasteiger partial charge in [-0.1, -0.05) is 0 Å². The van der Waals surface area contributed by atoms with E-state index in [1.54, 1.807) is 0 Å². The van der Waals surface area contributed by atoms with Crippen molar-refractivity contribution >= 4 is 0 Å². The van der Waals surface area contributed by atoms with Gasteiger partial charge < -0.3 is 4.74 Å². The van der Waals surface area contributed by atoms with E-state index in [1.807, 2.05) is 35.5 Å². The first-order chi connectivity index (χ1) is 9.90. The van der Waals surface area contributed by atoms with Crippen LogP contribution in [0.1, 0.15) is 5.56 Å². The van der Waals surface area contributed by atoms with Crippen molar-refractivity contribution in [1.29, 1.82) is 0 Å². The molecule has 106 valence electrons. The van der Waals surface area contributed by atoms with Crippen molar-refractivity contribution in [1.82, 2.24) is 19.7 Å². The molecule has 1 aliphatic heterocycles. The molecule has 0 saturated carbocycles. The van der Waals surface area contributed by atoms with Crippen LogP contribution in [0.25, 0.3) is 0 Å². The van der Waals surface area contributed by atoms with E-state index in [0.717, 1.165) is 39.2 Å². The van der Waals surface area contributed by atoms with Gasteiger partial charge in [0.1, 0.15) is 0 Å². The van der Waals surface area contributed by atoms with E-state index in [9.17, 15) is 0 Å². The molecule has 3 heterocycles. The van der Waals surface area contributed by atoms with E-state index in [0.29, 0.717) is 0 Å². The highest BCUT2D eigenvalue weighted by atomic mass is 16.5. The Labute approximate surface area is 119 Å². The molecule has 2 aromatic rings. The van der Waals surface area contributed by atoms with Crippen LogP contribution in [0.3, 0.4) is 0 Å². The lowest BCUT2D eigenvalue weighted by Crippen LogP contribution is -2.44. The number of hydrogen-bond donors (Lipinski definition) is 0. The SMILES string of the molecule is c1cnn(CC2CN(CCc3ccncc3)CCO2)c1. The zero-order valence-corrected chi connectivity index (χ0v) is 11.6. The molecule has 0 N–H and O–H groups in total. The predicted octanol–water partition coefficient (Wildman–Crippen LogP) is 1.22. The molecule has 0 aromatic carbocycles. The summed E-state index contributed by atoms with van der Waals surface area (Å²) in [4.78, 5) is 6.52. The van der Waals surface area contributed by atoms with E-state index >= 15 is 0 Å². The van der Waals surface area contributed by atoms with Gasteiger partial charge in [0.05, 0.1) is 19.3 Å². The second-order valence-corrected chi connectivity index (χ2v) is 5.13. The first-order valence-corrected chi connectivity index (χ1v) is 7.10. The van der Waals surface area contributed by atoms with Crippen LogP contribution in [0.15, 0.2) is 43.0 Å². The third kappa shape index (κ3) is 3.65. The van der Waals surface area contributed by atoms with Gasteiger partial charge >= 0.3 is 0 Å². The fourth-order valence-electron chi connectivity index (χ4n) is 2.55. The summed E-state index contributed by atoms with van der Waals surface area (Å²) in [6, 6.07) is 6.12. The lowest BCUT2D eigenvalue weighted by atomic mass is 10.2. The average Bonchev–Trinajstić information content (AvgIpc) is 3.00. The molecule has 1 aliphatic rings. The lowest BCUT2D eigenvalue weighted by Gasteiger charge is -2.32. The Morgan fingerprint density at radius 2 is 2.15 bits per heavy atom. The van der Waals surface area contributed by atoms with E-state index in [2.05, 4.69) is 27.1 Å². The van der Waals surface area contributed by atoms with E-state index in [1.165, 1.54) is 5.56 Å². The number of morpholine rings is 1. The predicted molar refractivity (Wildman–Crippen MR) is 76.3 cm³/mol. The van der Waals surface area contributed by atoms with Gasteiger partial charge in [-0.25, -0.2) is 0 Å². The molecule has 2 aromatic heterocycles. The summed E-state index contributed by atoms with van der Waals surface area (Å²) in [7, 11) is 0. The molecule has 0 radical (unpaired) electrons. The van der Waals surface area contributed by atoms with Crippen LogP contribution in [-0.2, 0) is 17.7 Å². The Morgan fingerprint density at radius 3 is 2.95 bits per heavy atom. The molecule has 20 heavy (non-hydrogen) atoms. The number of nitrogens with zero attached hydrogens (tertiary/aromatic N) is 4. The minimum absolute atomic E-state index is 0.237. The van der Waals surface area contributed by atoms with Crippen molar-refractivity contribution < 1.29 is 4.74 Å². The summed E-state index contributed by atoms with van der Waals surface area (Å²) in [6.07, 6.45) is 8.81. The monoisotopic (exact) mass is 272 g/mol. The second kappa shape index (κ2) is 6.63. The second-order valence-electron chi connectivity index (χ2n) is 5.13. The van der Waals surface area contributed by atoms with Gasteiger partial charge in [-0.05, 0) is 30.2 Å². The number of aromatic nitrogens is 3. The Bertz CT molecular complexity index is 500. The van der Waals surface area contributed by atoms with Crippen LogP contribution in [0.2, 0.25) is 0 Å². The van der Waals surface area contributed by atoms with Gasteiger partial charge in [0, 0.05) is 44.4 Å². The number of ether oxygens (including phenoxy) is 1. The summed E-state index contributed by atoms with van der Waals surface area (Å²) < 4.78 is 7.76. The third-order valence-electron chi connectivity index (χ3n) is 3.64. The van der Waals surface area contributed by atoms with E-state index in [-0.39, 0.29) is 6.10 Å². The molecular formula is C15H20N4O. The van der Waals surface area contributed by atoms with Crippen LogP contribution in [0, 0.1) is 0 Å². The maximum atomic E-state index is 5.82. The quantitative estimate of drug-likeness (QED) is 0.821. The summed E-state index contributed by atoms with van der Waals surface area (Å²) >= 11 is 0. The number of hydrogen-bond acceptors (Lipinski definition) is 4. The van der Waals surface area contributed by atoms with Crippen LogP contribution in [0.5, 0.6) is 0 Å². The Kier molecular flexibility index (Phi) is 4.40. The topological polar surface area (TPSA) is 43.2 Å². The highest BCUT2D eigenvalue weighted by Gasteiger charge is 2.20. The Morgan fingerprint density at radius 1 is 1.25 bits per heavy atom. The Balaban J connectivity index is 1.48. The minimum atomic E-state index is 0.237. The summed E-state index contributed by atoms with van der Waals surface area (Å²) in [5, 5.41) is 4.24. The van der Waals surface area contributed by atoms with Crippen molar-refractivity contribution in [3.8, 4) is 0 Å². The summed E-state index contributed by atoms with van der Waals surface area (Å²) in [6.45, 7) is 4.70. The molecule has 5 nitrogen and oxygen atoms in total. The highest BCUT2D eigenvalue weighted by molar-refractivity contribution is 5.09. The van der Waals surface area contributed by atoms with E-state index in [4.69, 9.17) is 4.74 Å². The Hall–Kier alpha value is -1.72. The van der Waals surface area contributed by atoms with Gasteiger partial charge in [0.2, 0.25) is 0 Å². The molecule has 1 unspecified atom stereocenters. The van der Waals surface area contributed by atoms with Gasteiger partial charge in [0.25, 0.3) is 0 Å². The summed E-state index contributed by atoms with van der Waals surface area (Å²) in [5.74, 6) is 0. The van der Waals surface area contributed by atoms with Gasteiger partial charge in [0.15, 0.2) is 0 Å². The molecular weight excluding hydrogens is 252 g/mol. The van der Waals surface area contributed by atoms with Crippen molar-refractivity contribution in [3.63, 3.8) is 0 Å². The van der Waals surface area contributed by atoms with Crippen molar-refractivity contribution in [2.75, 3.05) is 26.2 Å². The maximum absolute atomic E-state index is 5.82. The van der Waals surface area contributed by atoms with Gasteiger partial charge in [-0.3, -0.25) is 14.6 Å². The molecule has 5 heteroatoms. The lowest BCUT2D eigenvalue weighted by molar-refractivity contribution is -0.0370. The fraction of sp³-hybridized carbons (Fsp3) is 0.467. The minimum Gasteiger partial charge on any atom is -0.374 e. The maximum Gasteiger partial charge on any atom is 0.0898 e. The zero-order valence-electron chi connectivity index (χ0n) is 11.6. The molecule has 0 spiro atoms. The van der Waals surface area contributed by atoms with Crippen molar-refractivity contribution in [2.45, 2.75) is 19.1 Å². The largest absolute Gasteiger partial charge is 0.374 e. The fourth-order valence-corrected chi connectivity index (χ4v) is 2.55. The summed E-state index contributed by atoms with van der Waals surface area (Å²) in [5.41, 5.74) is 1.34. The van der Waals surface area contributed by atoms with Crippen LogP contribution in [-0.4, -0.2) is 52.0 Å². The molecule has 0 amide bonds. The molecule has 1 atom stereocenters. The molecule has 1 fully saturated rings. The molecule has 0 bridgehead atoms. The average molecular weight is 272 g/mol. The first-order valence-electron chi connectivity index (χ1n) is 7.10. The number of rotatable bonds is 5. The van der Waals surface area contributed by atoms with Crippen LogP contribution in [0.4, 0.5) is 0 Å². The smallest absolute Gasteiger partial charge is 0.0898 e. The first kappa shape index (κ1) is 13.3. The molecule has 0 aliphatic carbocycles. The van der Waals surface area contributed by atoms with Crippen molar-refractivity contribution in [2.24, 2.45) is 0 Å². The molecule has 1 saturated heterocycles. The number of pyridine rings is 1. The van der Waals surface area contributed by atoms with Gasteiger partial charge in [-0.2, -0.15) is 5.10 Å². The standard InChI is InChI=1S/C15H20N4O/c1-5-17-19(8-1)13-15-12-18(10-11-20-15)9-4-14-2-6-16-7-3-14/h1-3,5-8,15H,4,9-13H2. The van der Waals surface area contributed by atoms with Gasteiger partial charge in [-0.15, -0.1) is 0 Å². The zero-order chi connectivity index (χ0) is 13.6. The van der Waals surface area contributed by atoms with Crippen LogP contribution >= 0.6 is 0 Å².